The van der Waals surface area contributed by atoms with Crippen LogP contribution in [0.2, 0.25) is 5.02 Å². The van der Waals surface area contributed by atoms with Gasteiger partial charge in [0.05, 0.1) is 11.4 Å². The van der Waals surface area contributed by atoms with E-state index in [4.69, 9.17) is 21.7 Å². The van der Waals surface area contributed by atoms with Crippen molar-refractivity contribution in [3.8, 4) is 17.0 Å². The summed E-state index contributed by atoms with van der Waals surface area (Å²) in [7, 11) is 0. The Morgan fingerprint density at radius 2 is 1.88 bits per heavy atom. The molecule has 0 fully saturated rings. The van der Waals surface area contributed by atoms with Crippen molar-refractivity contribution in [2.24, 2.45) is 10.1 Å². The van der Waals surface area contributed by atoms with Crippen molar-refractivity contribution in [3.05, 3.63) is 69.3 Å². The fourth-order valence-electron chi connectivity index (χ4n) is 2.46. The molecule has 0 amide bonds. The van der Waals surface area contributed by atoms with Crippen molar-refractivity contribution in [1.29, 1.82) is 0 Å². The van der Waals surface area contributed by atoms with Crippen LogP contribution in [-0.2, 0) is 0 Å². The fraction of sp³-hybridized carbons (Fsp3) is 0.200. The van der Waals surface area contributed by atoms with Gasteiger partial charge in [-0.05, 0) is 62.7 Å². The SMILES string of the molecule is C/C(=N\n1c(-c2cccc(Cl)c2)csc1=NC(C)C)c1ccc(O)cc1. The number of nitrogens with zero attached hydrogens (tertiary/aromatic N) is 3. The van der Waals surface area contributed by atoms with Gasteiger partial charge in [-0.3, -0.25) is 4.99 Å². The monoisotopic (exact) mass is 385 g/mol. The van der Waals surface area contributed by atoms with Crippen LogP contribution in [0.4, 0.5) is 0 Å². The van der Waals surface area contributed by atoms with Gasteiger partial charge in [0.25, 0.3) is 0 Å². The number of phenols is 1. The second-order valence-corrected chi connectivity index (χ2v) is 7.45. The minimum absolute atomic E-state index is 0.163. The summed E-state index contributed by atoms with van der Waals surface area (Å²) in [6, 6.07) is 14.9. The van der Waals surface area contributed by atoms with E-state index in [1.54, 1.807) is 23.5 Å². The molecule has 1 heterocycles. The first-order chi connectivity index (χ1) is 12.4. The smallest absolute Gasteiger partial charge is 0.206 e. The van der Waals surface area contributed by atoms with Crippen LogP contribution in [0.15, 0.2) is 64.0 Å². The first kappa shape index (κ1) is 18.4. The molecule has 0 aliphatic rings. The molecular weight excluding hydrogens is 366 g/mol. The van der Waals surface area contributed by atoms with E-state index in [9.17, 15) is 5.11 Å². The molecule has 4 nitrogen and oxygen atoms in total. The molecule has 134 valence electrons. The lowest BCUT2D eigenvalue weighted by molar-refractivity contribution is 0.475. The minimum atomic E-state index is 0.163. The summed E-state index contributed by atoms with van der Waals surface area (Å²) in [4.78, 5) is 5.52. The maximum atomic E-state index is 9.49. The third kappa shape index (κ3) is 4.23. The molecule has 0 aliphatic heterocycles. The first-order valence-corrected chi connectivity index (χ1v) is 9.55. The number of thiazole rings is 1. The maximum absolute atomic E-state index is 9.49. The van der Waals surface area contributed by atoms with Crippen molar-refractivity contribution in [2.75, 3.05) is 0 Å². The fourth-order valence-corrected chi connectivity index (χ4v) is 3.62. The third-order valence-corrected chi connectivity index (χ3v) is 4.77. The Labute approximate surface area is 161 Å². The van der Waals surface area contributed by atoms with E-state index in [-0.39, 0.29) is 11.8 Å². The number of phenolic OH excluding ortho intramolecular Hbond substituents is 1. The Kier molecular flexibility index (Phi) is 5.59. The Balaban J connectivity index is 2.16. The average Bonchev–Trinajstić information content (AvgIpc) is 2.97. The topological polar surface area (TPSA) is 49.9 Å². The second kappa shape index (κ2) is 7.89. The zero-order chi connectivity index (χ0) is 18.7. The van der Waals surface area contributed by atoms with Gasteiger partial charge in [-0.25, -0.2) is 4.68 Å². The zero-order valence-electron chi connectivity index (χ0n) is 14.8. The number of hydrogen-bond acceptors (Lipinski definition) is 4. The van der Waals surface area contributed by atoms with Crippen LogP contribution >= 0.6 is 22.9 Å². The molecule has 1 N–H and O–H groups in total. The number of halogens is 1. The molecule has 6 heteroatoms. The van der Waals surface area contributed by atoms with Crippen molar-refractivity contribution >= 4 is 28.6 Å². The summed E-state index contributed by atoms with van der Waals surface area (Å²) in [6.45, 7) is 6.03. The lowest BCUT2D eigenvalue weighted by Crippen LogP contribution is -2.16. The lowest BCUT2D eigenvalue weighted by atomic mass is 10.1. The lowest BCUT2D eigenvalue weighted by Gasteiger charge is -2.07. The van der Waals surface area contributed by atoms with Gasteiger partial charge in [0.15, 0.2) is 0 Å². The van der Waals surface area contributed by atoms with Crippen molar-refractivity contribution in [2.45, 2.75) is 26.8 Å². The molecule has 0 aliphatic carbocycles. The Morgan fingerprint density at radius 3 is 2.54 bits per heavy atom. The van der Waals surface area contributed by atoms with Crippen LogP contribution in [0.3, 0.4) is 0 Å². The molecule has 26 heavy (non-hydrogen) atoms. The normalized spacial score (nSPS) is 12.8. The van der Waals surface area contributed by atoms with Gasteiger partial charge >= 0.3 is 0 Å². The molecule has 0 saturated carbocycles. The van der Waals surface area contributed by atoms with Crippen LogP contribution < -0.4 is 4.80 Å². The Hall–Kier alpha value is -2.37. The van der Waals surface area contributed by atoms with E-state index in [0.717, 1.165) is 27.3 Å². The van der Waals surface area contributed by atoms with E-state index in [2.05, 4.69) is 0 Å². The molecule has 2 aromatic carbocycles. The quantitative estimate of drug-likeness (QED) is 0.620. The average molecular weight is 386 g/mol. The zero-order valence-corrected chi connectivity index (χ0v) is 16.4. The molecule has 3 rings (SSSR count). The van der Waals surface area contributed by atoms with Gasteiger partial charge in [-0.2, -0.15) is 5.10 Å². The molecule has 0 bridgehead atoms. The second-order valence-electron chi connectivity index (χ2n) is 6.18. The minimum Gasteiger partial charge on any atom is -0.508 e. The largest absolute Gasteiger partial charge is 0.508 e. The summed E-state index contributed by atoms with van der Waals surface area (Å²) in [5, 5.41) is 17.0. The predicted molar refractivity (Wildman–Crippen MR) is 109 cm³/mol. The molecular formula is C20H20ClN3OS. The van der Waals surface area contributed by atoms with Crippen molar-refractivity contribution in [1.82, 2.24) is 4.68 Å². The highest BCUT2D eigenvalue weighted by molar-refractivity contribution is 7.07. The van der Waals surface area contributed by atoms with Gasteiger partial charge in [-0.15, -0.1) is 11.3 Å². The standard InChI is InChI=1S/C20H20ClN3OS/c1-13(2)22-20-24(23-14(3)15-7-9-18(25)10-8-15)19(12-26-20)16-5-4-6-17(21)11-16/h4-13,25H,1-3H3/b22-20?,23-14+. The highest BCUT2D eigenvalue weighted by Gasteiger charge is 2.10. The highest BCUT2D eigenvalue weighted by atomic mass is 35.5. The maximum Gasteiger partial charge on any atom is 0.206 e. The Bertz CT molecular complexity index is 1000. The summed E-state index contributed by atoms with van der Waals surface area (Å²) in [5.74, 6) is 0.236. The summed E-state index contributed by atoms with van der Waals surface area (Å²) >= 11 is 7.72. The van der Waals surface area contributed by atoms with Gasteiger partial charge in [0.1, 0.15) is 5.75 Å². The molecule has 3 aromatic rings. The van der Waals surface area contributed by atoms with Gasteiger partial charge < -0.3 is 5.11 Å². The number of hydrogen-bond donors (Lipinski definition) is 1. The van der Waals surface area contributed by atoms with Gasteiger partial charge in [-0.1, -0.05) is 23.7 Å². The molecule has 0 spiro atoms. The molecule has 0 atom stereocenters. The highest BCUT2D eigenvalue weighted by Crippen LogP contribution is 2.24. The molecule has 1 aromatic heterocycles. The van der Waals surface area contributed by atoms with Gasteiger partial charge in [0, 0.05) is 22.0 Å². The van der Waals surface area contributed by atoms with Crippen molar-refractivity contribution in [3.63, 3.8) is 0 Å². The number of benzene rings is 2. The number of aromatic nitrogens is 1. The van der Waals surface area contributed by atoms with Gasteiger partial charge in [0.2, 0.25) is 4.80 Å². The first-order valence-electron chi connectivity index (χ1n) is 8.29. The predicted octanol–water partition coefficient (Wildman–Crippen LogP) is 5.16. The summed E-state index contributed by atoms with van der Waals surface area (Å²) < 4.78 is 1.86. The summed E-state index contributed by atoms with van der Waals surface area (Å²) in [5.41, 5.74) is 3.70. The van der Waals surface area contributed by atoms with Crippen molar-refractivity contribution < 1.29 is 5.11 Å². The van der Waals surface area contributed by atoms with Crippen LogP contribution in [0.5, 0.6) is 5.75 Å². The van der Waals surface area contributed by atoms with E-state index in [1.165, 1.54) is 0 Å². The van der Waals surface area contributed by atoms with Crippen LogP contribution in [-0.4, -0.2) is 21.5 Å². The molecule has 0 radical (unpaired) electrons. The van der Waals surface area contributed by atoms with E-state index < -0.39 is 0 Å². The van der Waals surface area contributed by atoms with E-state index in [1.807, 2.05) is 67.2 Å². The van der Waals surface area contributed by atoms with E-state index >= 15 is 0 Å². The Morgan fingerprint density at radius 1 is 1.15 bits per heavy atom. The molecule has 0 unspecified atom stereocenters. The van der Waals surface area contributed by atoms with E-state index in [0.29, 0.717) is 5.02 Å². The third-order valence-electron chi connectivity index (χ3n) is 3.71. The number of rotatable bonds is 4. The van der Waals surface area contributed by atoms with Crippen LogP contribution in [0.1, 0.15) is 26.3 Å². The molecule has 0 saturated heterocycles. The van der Waals surface area contributed by atoms with Crippen LogP contribution in [0.25, 0.3) is 11.3 Å². The summed E-state index contributed by atoms with van der Waals surface area (Å²) in [6.07, 6.45) is 0. The number of aromatic hydroxyl groups is 1. The van der Waals surface area contributed by atoms with Crippen LogP contribution in [0, 0.1) is 0 Å².